The fourth-order valence-corrected chi connectivity index (χ4v) is 4.45. The fourth-order valence-electron chi connectivity index (χ4n) is 4.45. The molecule has 0 unspecified atom stereocenters. The van der Waals surface area contributed by atoms with Crippen molar-refractivity contribution in [2.24, 2.45) is 0 Å². The molecule has 6 heteroatoms. The number of aryl methyl sites for hydroxylation is 2. The van der Waals surface area contributed by atoms with Crippen LogP contribution < -0.4 is 15.1 Å². The number of amides is 1. The highest BCUT2D eigenvalue weighted by Gasteiger charge is 2.23. The Labute approximate surface area is 179 Å². The zero-order chi connectivity index (χ0) is 20.9. The van der Waals surface area contributed by atoms with Gasteiger partial charge >= 0.3 is 0 Å². The van der Waals surface area contributed by atoms with E-state index in [0.29, 0.717) is 0 Å². The van der Waals surface area contributed by atoms with E-state index in [9.17, 15) is 4.79 Å². The highest BCUT2D eigenvalue weighted by Crippen LogP contribution is 2.22. The topological polar surface area (TPSA) is 61.4 Å². The van der Waals surface area contributed by atoms with Crippen LogP contribution in [0.1, 0.15) is 60.0 Å². The van der Waals surface area contributed by atoms with Crippen LogP contribution in [0.25, 0.3) is 0 Å². The van der Waals surface area contributed by atoms with Crippen molar-refractivity contribution in [3.63, 3.8) is 0 Å². The third kappa shape index (κ3) is 4.91. The monoisotopic (exact) mass is 407 g/mol. The van der Waals surface area contributed by atoms with Crippen LogP contribution in [-0.2, 0) is 0 Å². The maximum Gasteiger partial charge on any atom is 0.251 e. The Hall–Kier alpha value is -2.63. The molecule has 0 bridgehead atoms. The maximum absolute atomic E-state index is 12.7. The number of hydrogen-bond donors (Lipinski definition) is 1. The minimum Gasteiger partial charge on any atom is -0.355 e. The number of carbonyl (C=O) groups excluding carboxylic acids is 1. The van der Waals surface area contributed by atoms with Gasteiger partial charge in [0.05, 0.1) is 0 Å². The van der Waals surface area contributed by atoms with Crippen LogP contribution in [-0.4, -0.2) is 48.3 Å². The Kier molecular flexibility index (Phi) is 6.50. The standard InChI is InChI=1S/C24H33N5O/c1-18-7-8-19(2)21(17-18)24(30)25-20-11-15-29(16-12-20)23-10-9-22(26-27-23)28-13-5-3-4-6-14-28/h7-10,17,20H,3-6,11-16H2,1-2H3,(H,25,30). The highest BCUT2D eigenvalue weighted by atomic mass is 16.1. The number of rotatable bonds is 4. The summed E-state index contributed by atoms with van der Waals surface area (Å²) in [6.45, 7) is 7.95. The lowest BCUT2D eigenvalue weighted by atomic mass is 10.0. The molecule has 0 spiro atoms. The summed E-state index contributed by atoms with van der Waals surface area (Å²) in [4.78, 5) is 17.3. The third-order valence-electron chi connectivity index (χ3n) is 6.36. The smallest absolute Gasteiger partial charge is 0.251 e. The van der Waals surface area contributed by atoms with Crippen molar-refractivity contribution in [3.05, 3.63) is 47.0 Å². The molecule has 0 atom stereocenters. The summed E-state index contributed by atoms with van der Waals surface area (Å²) >= 11 is 0. The van der Waals surface area contributed by atoms with Crippen molar-refractivity contribution in [2.75, 3.05) is 36.0 Å². The molecule has 1 aromatic heterocycles. The summed E-state index contributed by atoms with van der Waals surface area (Å²) in [5.41, 5.74) is 2.92. The average Bonchev–Trinajstić information content (AvgIpc) is 3.06. The van der Waals surface area contributed by atoms with Gasteiger partial charge in [0, 0.05) is 37.8 Å². The van der Waals surface area contributed by atoms with Gasteiger partial charge in [0.15, 0.2) is 11.6 Å². The first kappa shape index (κ1) is 20.6. The second-order valence-electron chi connectivity index (χ2n) is 8.70. The Morgan fingerprint density at radius 1 is 0.867 bits per heavy atom. The quantitative estimate of drug-likeness (QED) is 0.834. The lowest BCUT2D eigenvalue weighted by Gasteiger charge is -2.33. The number of benzene rings is 1. The summed E-state index contributed by atoms with van der Waals surface area (Å²) in [5, 5.41) is 12.2. The summed E-state index contributed by atoms with van der Waals surface area (Å²) in [6, 6.07) is 10.5. The SMILES string of the molecule is Cc1ccc(C)c(C(=O)NC2CCN(c3ccc(N4CCCCCC4)nn3)CC2)c1. The van der Waals surface area contributed by atoms with E-state index in [1.54, 1.807) is 0 Å². The van der Waals surface area contributed by atoms with E-state index in [1.165, 1.54) is 25.7 Å². The molecule has 1 amide bonds. The normalized spacial score (nSPS) is 18.2. The van der Waals surface area contributed by atoms with Gasteiger partial charge in [-0.05, 0) is 63.3 Å². The van der Waals surface area contributed by atoms with Gasteiger partial charge in [0.1, 0.15) is 0 Å². The molecule has 2 aromatic rings. The Morgan fingerprint density at radius 3 is 2.07 bits per heavy atom. The summed E-state index contributed by atoms with van der Waals surface area (Å²) in [7, 11) is 0. The molecule has 160 valence electrons. The van der Waals surface area contributed by atoms with E-state index in [0.717, 1.165) is 67.3 Å². The van der Waals surface area contributed by atoms with Crippen LogP contribution in [0.2, 0.25) is 0 Å². The Morgan fingerprint density at radius 2 is 1.47 bits per heavy atom. The first-order chi connectivity index (χ1) is 14.6. The van der Waals surface area contributed by atoms with Gasteiger partial charge in [-0.15, -0.1) is 10.2 Å². The van der Waals surface area contributed by atoms with Gasteiger partial charge in [0.2, 0.25) is 0 Å². The number of hydrogen-bond acceptors (Lipinski definition) is 5. The van der Waals surface area contributed by atoms with E-state index in [4.69, 9.17) is 0 Å². The second-order valence-corrected chi connectivity index (χ2v) is 8.70. The summed E-state index contributed by atoms with van der Waals surface area (Å²) in [6.07, 6.45) is 6.96. The van der Waals surface area contributed by atoms with Crippen LogP contribution in [0.3, 0.4) is 0 Å². The Bertz CT molecular complexity index is 850. The van der Waals surface area contributed by atoms with E-state index < -0.39 is 0 Å². The van der Waals surface area contributed by atoms with Gasteiger partial charge in [-0.3, -0.25) is 4.79 Å². The van der Waals surface area contributed by atoms with Crippen LogP contribution >= 0.6 is 0 Å². The number of piperidine rings is 1. The van der Waals surface area contributed by atoms with Gasteiger partial charge < -0.3 is 15.1 Å². The van der Waals surface area contributed by atoms with Gasteiger partial charge in [-0.2, -0.15) is 0 Å². The molecule has 0 radical (unpaired) electrons. The van der Waals surface area contributed by atoms with Crippen molar-refractivity contribution in [1.29, 1.82) is 0 Å². The number of nitrogens with one attached hydrogen (secondary N) is 1. The van der Waals surface area contributed by atoms with Gasteiger partial charge in [-0.1, -0.05) is 30.5 Å². The molecule has 2 fully saturated rings. The van der Waals surface area contributed by atoms with Crippen molar-refractivity contribution in [2.45, 2.75) is 58.4 Å². The van der Waals surface area contributed by atoms with Crippen LogP contribution in [0, 0.1) is 13.8 Å². The zero-order valence-corrected chi connectivity index (χ0v) is 18.2. The molecule has 2 saturated heterocycles. The molecule has 3 heterocycles. The molecule has 6 nitrogen and oxygen atoms in total. The predicted molar refractivity (Wildman–Crippen MR) is 121 cm³/mol. The highest BCUT2D eigenvalue weighted by molar-refractivity contribution is 5.96. The molecule has 2 aliphatic rings. The second kappa shape index (κ2) is 9.45. The number of aromatic nitrogens is 2. The summed E-state index contributed by atoms with van der Waals surface area (Å²) in [5.74, 6) is 1.97. The van der Waals surface area contributed by atoms with E-state index in [1.807, 2.05) is 32.0 Å². The minimum atomic E-state index is 0.0382. The zero-order valence-electron chi connectivity index (χ0n) is 18.2. The summed E-state index contributed by atoms with van der Waals surface area (Å²) < 4.78 is 0. The Balaban J connectivity index is 1.31. The van der Waals surface area contributed by atoms with Crippen molar-refractivity contribution >= 4 is 17.5 Å². The maximum atomic E-state index is 12.7. The number of anilines is 2. The van der Waals surface area contributed by atoms with E-state index in [2.05, 4.69) is 37.4 Å². The number of carbonyl (C=O) groups is 1. The van der Waals surface area contributed by atoms with Gasteiger partial charge in [0.25, 0.3) is 5.91 Å². The first-order valence-electron chi connectivity index (χ1n) is 11.3. The average molecular weight is 408 g/mol. The molecule has 2 aliphatic heterocycles. The molecule has 4 rings (SSSR count). The molecule has 0 aliphatic carbocycles. The number of nitrogens with zero attached hydrogens (tertiary/aromatic N) is 4. The van der Waals surface area contributed by atoms with Crippen molar-refractivity contribution in [1.82, 2.24) is 15.5 Å². The van der Waals surface area contributed by atoms with Crippen LogP contribution in [0.4, 0.5) is 11.6 Å². The largest absolute Gasteiger partial charge is 0.355 e. The van der Waals surface area contributed by atoms with Crippen LogP contribution in [0.15, 0.2) is 30.3 Å². The van der Waals surface area contributed by atoms with Crippen molar-refractivity contribution in [3.8, 4) is 0 Å². The van der Waals surface area contributed by atoms with Crippen molar-refractivity contribution < 1.29 is 4.79 Å². The molecule has 1 N–H and O–H groups in total. The molecule has 0 saturated carbocycles. The lowest BCUT2D eigenvalue weighted by Crippen LogP contribution is -2.45. The van der Waals surface area contributed by atoms with E-state index >= 15 is 0 Å². The first-order valence-corrected chi connectivity index (χ1v) is 11.3. The minimum absolute atomic E-state index is 0.0382. The lowest BCUT2D eigenvalue weighted by molar-refractivity contribution is 0.0930. The molecular formula is C24H33N5O. The van der Waals surface area contributed by atoms with E-state index in [-0.39, 0.29) is 11.9 Å². The van der Waals surface area contributed by atoms with Gasteiger partial charge in [-0.25, -0.2) is 0 Å². The molecule has 1 aromatic carbocycles. The molecule has 30 heavy (non-hydrogen) atoms. The molecular weight excluding hydrogens is 374 g/mol. The fraction of sp³-hybridized carbons (Fsp3) is 0.542. The predicted octanol–water partition coefficient (Wildman–Crippen LogP) is 3.87. The third-order valence-corrected chi connectivity index (χ3v) is 6.36. The van der Waals surface area contributed by atoms with Crippen LogP contribution in [0.5, 0.6) is 0 Å².